The molecule has 3 nitrogen and oxygen atoms in total. The molecule has 0 radical (unpaired) electrons. The standard InChI is InChI=1S/C17H21NO2/c1-11-7-8-12(2)17-16(11)13-5-3-4-6-14(13)18(17)10-9-15(19)20/h7-8H,3-6,9-10H2,1-2H3,(H,19,20). The molecule has 0 atom stereocenters. The van der Waals surface area contributed by atoms with Crippen molar-refractivity contribution in [1.82, 2.24) is 4.57 Å². The SMILES string of the molecule is Cc1ccc(C)c2c1c1c(n2CCC(=O)O)CCCC1. The molecule has 0 saturated heterocycles. The molecular formula is C17H21NO2. The van der Waals surface area contributed by atoms with Crippen LogP contribution in [-0.2, 0) is 24.2 Å². The van der Waals surface area contributed by atoms with Crippen molar-refractivity contribution in [3.05, 3.63) is 34.5 Å². The fourth-order valence-corrected chi connectivity index (χ4v) is 3.57. The van der Waals surface area contributed by atoms with E-state index in [1.54, 1.807) is 0 Å². The van der Waals surface area contributed by atoms with Crippen LogP contribution in [-0.4, -0.2) is 15.6 Å². The summed E-state index contributed by atoms with van der Waals surface area (Å²) in [6.45, 7) is 4.88. The first kappa shape index (κ1) is 13.2. The minimum atomic E-state index is -0.721. The highest BCUT2D eigenvalue weighted by atomic mass is 16.4. The van der Waals surface area contributed by atoms with Gasteiger partial charge in [0.2, 0.25) is 0 Å². The summed E-state index contributed by atoms with van der Waals surface area (Å²) in [4.78, 5) is 10.9. The van der Waals surface area contributed by atoms with Crippen molar-refractivity contribution in [3.8, 4) is 0 Å². The molecule has 1 heterocycles. The first-order valence-electron chi connectivity index (χ1n) is 7.41. The number of carboxylic acid groups (broad SMARTS) is 1. The monoisotopic (exact) mass is 271 g/mol. The van der Waals surface area contributed by atoms with Gasteiger partial charge in [-0.2, -0.15) is 0 Å². The Morgan fingerprint density at radius 3 is 2.65 bits per heavy atom. The number of aryl methyl sites for hydroxylation is 4. The maximum atomic E-state index is 10.9. The lowest BCUT2D eigenvalue weighted by Gasteiger charge is -2.15. The molecular weight excluding hydrogens is 250 g/mol. The molecule has 0 saturated carbocycles. The van der Waals surface area contributed by atoms with Gasteiger partial charge in [-0.1, -0.05) is 12.1 Å². The van der Waals surface area contributed by atoms with Crippen LogP contribution in [0.2, 0.25) is 0 Å². The third kappa shape index (κ3) is 2.01. The molecule has 0 bridgehead atoms. The zero-order valence-corrected chi connectivity index (χ0v) is 12.2. The molecule has 106 valence electrons. The van der Waals surface area contributed by atoms with Gasteiger partial charge in [-0.25, -0.2) is 0 Å². The van der Waals surface area contributed by atoms with Crippen LogP contribution in [0.3, 0.4) is 0 Å². The minimum Gasteiger partial charge on any atom is -0.481 e. The zero-order chi connectivity index (χ0) is 14.3. The number of hydrogen-bond acceptors (Lipinski definition) is 1. The summed E-state index contributed by atoms with van der Waals surface area (Å²) in [5, 5.41) is 10.4. The molecule has 0 aliphatic heterocycles. The van der Waals surface area contributed by atoms with Gasteiger partial charge in [-0.05, 0) is 56.2 Å². The molecule has 1 N–H and O–H groups in total. The summed E-state index contributed by atoms with van der Waals surface area (Å²) in [6.07, 6.45) is 4.88. The first-order valence-corrected chi connectivity index (χ1v) is 7.41. The molecule has 0 spiro atoms. The summed E-state index contributed by atoms with van der Waals surface area (Å²) in [6, 6.07) is 4.34. The average Bonchev–Trinajstić information content (AvgIpc) is 2.76. The number of rotatable bonds is 3. The van der Waals surface area contributed by atoms with Gasteiger partial charge in [0.05, 0.1) is 11.9 Å². The van der Waals surface area contributed by atoms with Gasteiger partial charge in [0, 0.05) is 17.6 Å². The lowest BCUT2D eigenvalue weighted by molar-refractivity contribution is -0.137. The van der Waals surface area contributed by atoms with E-state index in [0.29, 0.717) is 6.54 Å². The van der Waals surface area contributed by atoms with Crippen LogP contribution >= 0.6 is 0 Å². The van der Waals surface area contributed by atoms with Gasteiger partial charge in [0.25, 0.3) is 0 Å². The molecule has 1 aromatic carbocycles. The molecule has 3 rings (SSSR count). The van der Waals surface area contributed by atoms with Crippen LogP contribution in [0, 0.1) is 13.8 Å². The highest BCUT2D eigenvalue weighted by Gasteiger charge is 2.22. The molecule has 0 amide bonds. The fraction of sp³-hybridized carbons (Fsp3) is 0.471. The Hall–Kier alpha value is -1.77. The van der Waals surface area contributed by atoms with Crippen molar-refractivity contribution >= 4 is 16.9 Å². The summed E-state index contributed by atoms with van der Waals surface area (Å²) in [5.74, 6) is -0.721. The van der Waals surface area contributed by atoms with Crippen LogP contribution in [0.25, 0.3) is 10.9 Å². The predicted molar refractivity (Wildman–Crippen MR) is 80.3 cm³/mol. The average molecular weight is 271 g/mol. The van der Waals surface area contributed by atoms with Crippen LogP contribution in [0.5, 0.6) is 0 Å². The first-order chi connectivity index (χ1) is 9.59. The van der Waals surface area contributed by atoms with Crippen molar-refractivity contribution in [2.45, 2.75) is 52.5 Å². The van der Waals surface area contributed by atoms with Crippen LogP contribution in [0.4, 0.5) is 0 Å². The van der Waals surface area contributed by atoms with Crippen LogP contribution < -0.4 is 0 Å². The molecule has 1 aliphatic carbocycles. The summed E-state index contributed by atoms with van der Waals surface area (Å²) < 4.78 is 2.28. The molecule has 0 unspecified atom stereocenters. The van der Waals surface area contributed by atoms with E-state index in [0.717, 1.165) is 12.8 Å². The number of carbonyl (C=O) groups is 1. The third-order valence-corrected chi connectivity index (χ3v) is 4.47. The smallest absolute Gasteiger partial charge is 0.305 e. The minimum absolute atomic E-state index is 0.198. The quantitative estimate of drug-likeness (QED) is 0.926. The second-order valence-electron chi connectivity index (χ2n) is 5.85. The number of carboxylic acids is 1. The topological polar surface area (TPSA) is 42.2 Å². The second kappa shape index (κ2) is 4.97. The van der Waals surface area contributed by atoms with Gasteiger partial charge in [0.1, 0.15) is 0 Å². The van der Waals surface area contributed by atoms with Gasteiger partial charge in [-0.3, -0.25) is 4.79 Å². The van der Waals surface area contributed by atoms with E-state index in [2.05, 4.69) is 30.5 Å². The van der Waals surface area contributed by atoms with Gasteiger partial charge in [-0.15, -0.1) is 0 Å². The fourth-order valence-electron chi connectivity index (χ4n) is 3.57. The van der Waals surface area contributed by atoms with Gasteiger partial charge in [0.15, 0.2) is 0 Å². The maximum Gasteiger partial charge on any atom is 0.305 e. The Bertz CT molecular complexity index is 682. The number of fused-ring (bicyclic) bond motifs is 3. The molecule has 3 heteroatoms. The van der Waals surface area contributed by atoms with Crippen LogP contribution in [0.15, 0.2) is 12.1 Å². The Morgan fingerprint density at radius 1 is 1.20 bits per heavy atom. The highest BCUT2D eigenvalue weighted by Crippen LogP contribution is 2.35. The predicted octanol–water partition coefficient (Wildman–Crippen LogP) is 3.61. The molecule has 2 aromatic rings. The third-order valence-electron chi connectivity index (χ3n) is 4.47. The number of hydrogen-bond donors (Lipinski definition) is 1. The number of aliphatic carboxylic acids is 1. The Balaban J connectivity index is 2.25. The van der Waals surface area contributed by atoms with E-state index in [1.807, 2.05) is 0 Å². The van der Waals surface area contributed by atoms with Crippen LogP contribution in [0.1, 0.15) is 41.6 Å². The largest absolute Gasteiger partial charge is 0.481 e. The lowest BCUT2D eigenvalue weighted by Crippen LogP contribution is -2.11. The van der Waals surface area contributed by atoms with Crippen molar-refractivity contribution in [1.29, 1.82) is 0 Å². The maximum absolute atomic E-state index is 10.9. The Kier molecular flexibility index (Phi) is 3.28. The Morgan fingerprint density at radius 2 is 1.90 bits per heavy atom. The van der Waals surface area contributed by atoms with Gasteiger partial charge < -0.3 is 9.67 Å². The zero-order valence-electron chi connectivity index (χ0n) is 12.2. The van der Waals surface area contributed by atoms with E-state index in [-0.39, 0.29) is 6.42 Å². The lowest BCUT2D eigenvalue weighted by atomic mass is 9.93. The van der Waals surface area contributed by atoms with Crippen molar-refractivity contribution in [2.75, 3.05) is 0 Å². The summed E-state index contributed by atoms with van der Waals surface area (Å²) in [7, 11) is 0. The molecule has 1 aliphatic rings. The van der Waals surface area contributed by atoms with E-state index in [4.69, 9.17) is 5.11 Å². The second-order valence-corrected chi connectivity index (χ2v) is 5.85. The number of benzene rings is 1. The van der Waals surface area contributed by atoms with Crippen molar-refractivity contribution in [2.24, 2.45) is 0 Å². The molecule has 0 fully saturated rings. The number of nitrogens with zero attached hydrogens (tertiary/aromatic N) is 1. The summed E-state index contributed by atoms with van der Waals surface area (Å²) >= 11 is 0. The van der Waals surface area contributed by atoms with Crippen molar-refractivity contribution < 1.29 is 9.90 Å². The van der Waals surface area contributed by atoms with E-state index in [9.17, 15) is 4.79 Å². The van der Waals surface area contributed by atoms with Gasteiger partial charge >= 0.3 is 5.97 Å². The summed E-state index contributed by atoms with van der Waals surface area (Å²) in [5.41, 5.74) is 6.68. The molecule has 1 aromatic heterocycles. The molecule has 20 heavy (non-hydrogen) atoms. The Labute approximate surface area is 119 Å². The highest BCUT2D eigenvalue weighted by molar-refractivity contribution is 5.91. The van der Waals surface area contributed by atoms with E-state index in [1.165, 1.54) is 46.1 Å². The number of aromatic nitrogens is 1. The van der Waals surface area contributed by atoms with E-state index >= 15 is 0 Å². The normalized spacial score (nSPS) is 14.5. The van der Waals surface area contributed by atoms with E-state index < -0.39 is 5.97 Å². The van der Waals surface area contributed by atoms with Crippen molar-refractivity contribution in [3.63, 3.8) is 0 Å².